The van der Waals surface area contributed by atoms with Crippen molar-refractivity contribution in [2.45, 2.75) is 19.9 Å². The summed E-state index contributed by atoms with van der Waals surface area (Å²) in [4.78, 5) is 15.4. The third-order valence-corrected chi connectivity index (χ3v) is 5.38. The summed E-state index contributed by atoms with van der Waals surface area (Å²) < 4.78 is 5.46. The van der Waals surface area contributed by atoms with Crippen molar-refractivity contribution in [3.8, 4) is 5.75 Å². The van der Waals surface area contributed by atoms with Gasteiger partial charge in [-0.3, -0.25) is 4.79 Å². The van der Waals surface area contributed by atoms with Crippen LogP contribution in [0.25, 0.3) is 0 Å². The van der Waals surface area contributed by atoms with Crippen molar-refractivity contribution in [3.63, 3.8) is 0 Å². The van der Waals surface area contributed by atoms with Crippen molar-refractivity contribution < 1.29 is 19.3 Å². The largest absolute Gasteiger partial charge is 0.496 e. The van der Waals surface area contributed by atoms with Crippen LogP contribution in [0, 0.1) is 0 Å². The van der Waals surface area contributed by atoms with Crippen LogP contribution < -0.4 is 19.9 Å². The van der Waals surface area contributed by atoms with Gasteiger partial charge < -0.3 is 19.9 Å². The molecule has 1 aliphatic rings. The normalized spacial score (nSPS) is 19.5. The number of ether oxygens (including phenoxy) is 1. The third kappa shape index (κ3) is 5.31. The van der Waals surface area contributed by atoms with E-state index in [9.17, 15) is 4.79 Å². The Morgan fingerprint density at radius 1 is 0.963 bits per heavy atom. The first kappa shape index (κ1) is 19.4. The Labute approximate surface area is 161 Å². The van der Waals surface area contributed by atoms with Crippen molar-refractivity contribution in [1.82, 2.24) is 0 Å². The Bertz CT molecular complexity index is 755. The van der Waals surface area contributed by atoms with Gasteiger partial charge in [-0.25, -0.2) is 0 Å². The highest BCUT2D eigenvalue weighted by Gasteiger charge is 2.25. The predicted octanol–water partition coefficient (Wildman–Crippen LogP) is 0.180. The van der Waals surface area contributed by atoms with E-state index in [2.05, 4.69) is 30.4 Å². The quantitative estimate of drug-likeness (QED) is 0.652. The second-order valence-electron chi connectivity index (χ2n) is 7.22. The number of anilines is 1. The number of hydrogen-bond acceptors (Lipinski definition) is 2. The van der Waals surface area contributed by atoms with Gasteiger partial charge in [-0.2, -0.15) is 0 Å². The summed E-state index contributed by atoms with van der Waals surface area (Å²) >= 11 is 0. The molecular formula is C22H31N3O2+2. The first-order valence-corrected chi connectivity index (χ1v) is 9.86. The molecule has 1 heterocycles. The maximum atomic E-state index is 12.4. The predicted molar refractivity (Wildman–Crippen MR) is 107 cm³/mol. The smallest absolute Gasteiger partial charge is 0.279 e. The number of amides is 1. The highest BCUT2D eigenvalue weighted by atomic mass is 16.5. The number of rotatable bonds is 7. The summed E-state index contributed by atoms with van der Waals surface area (Å²) in [6, 6.07) is 16.3. The van der Waals surface area contributed by atoms with Gasteiger partial charge in [-0.05, 0) is 30.2 Å². The summed E-state index contributed by atoms with van der Waals surface area (Å²) in [5.74, 6) is 1.08. The van der Waals surface area contributed by atoms with E-state index in [1.165, 1.54) is 16.0 Å². The van der Waals surface area contributed by atoms with Crippen molar-refractivity contribution in [3.05, 3.63) is 59.7 Å². The van der Waals surface area contributed by atoms with Crippen molar-refractivity contribution >= 4 is 11.6 Å². The van der Waals surface area contributed by atoms with E-state index in [0.29, 0.717) is 6.54 Å². The zero-order valence-electron chi connectivity index (χ0n) is 16.4. The molecule has 5 nitrogen and oxygen atoms in total. The molecule has 0 spiro atoms. The molecule has 3 N–H and O–H groups in total. The van der Waals surface area contributed by atoms with Crippen LogP contribution in [0.1, 0.15) is 18.1 Å². The molecule has 2 aromatic rings. The number of benzene rings is 2. The van der Waals surface area contributed by atoms with E-state index in [-0.39, 0.29) is 5.91 Å². The molecule has 0 unspecified atom stereocenters. The number of piperazine rings is 1. The van der Waals surface area contributed by atoms with Crippen LogP contribution in [0.3, 0.4) is 0 Å². The number of para-hydroxylation sites is 2. The maximum absolute atomic E-state index is 12.4. The molecule has 0 aliphatic carbocycles. The average molecular weight is 370 g/mol. The summed E-state index contributed by atoms with van der Waals surface area (Å²) in [6.45, 7) is 7.83. The first-order valence-electron chi connectivity index (χ1n) is 9.86. The van der Waals surface area contributed by atoms with E-state index in [1.807, 2.05) is 30.3 Å². The molecule has 0 atom stereocenters. The zero-order valence-corrected chi connectivity index (χ0v) is 16.4. The monoisotopic (exact) mass is 369 g/mol. The van der Waals surface area contributed by atoms with Crippen LogP contribution in [0.15, 0.2) is 48.5 Å². The van der Waals surface area contributed by atoms with E-state index < -0.39 is 0 Å². The molecule has 0 bridgehead atoms. The number of quaternary nitrogens is 2. The van der Waals surface area contributed by atoms with Crippen molar-refractivity contribution in [1.29, 1.82) is 0 Å². The van der Waals surface area contributed by atoms with Gasteiger partial charge >= 0.3 is 0 Å². The topological polar surface area (TPSA) is 47.2 Å². The molecule has 0 saturated carbocycles. The van der Waals surface area contributed by atoms with Crippen molar-refractivity contribution in [2.75, 3.05) is 45.2 Å². The van der Waals surface area contributed by atoms with Gasteiger partial charge in [0.15, 0.2) is 6.54 Å². The van der Waals surface area contributed by atoms with Gasteiger partial charge in [0.1, 0.15) is 38.5 Å². The van der Waals surface area contributed by atoms with Crippen LogP contribution in [0.4, 0.5) is 5.69 Å². The van der Waals surface area contributed by atoms with Crippen LogP contribution in [0.2, 0.25) is 0 Å². The summed E-state index contributed by atoms with van der Waals surface area (Å²) in [7, 11) is 1.73. The van der Waals surface area contributed by atoms with Gasteiger partial charge in [-0.1, -0.05) is 37.3 Å². The van der Waals surface area contributed by atoms with E-state index in [1.54, 1.807) is 12.0 Å². The molecule has 1 aliphatic heterocycles. The lowest BCUT2D eigenvalue weighted by molar-refractivity contribution is -1.02. The van der Waals surface area contributed by atoms with Gasteiger partial charge in [0.2, 0.25) is 0 Å². The number of carbonyl (C=O) groups is 1. The Morgan fingerprint density at radius 2 is 1.59 bits per heavy atom. The molecule has 1 saturated heterocycles. The van der Waals surface area contributed by atoms with Crippen LogP contribution in [-0.2, 0) is 17.8 Å². The maximum Gasteiger partial charge on any atom is 0.279 e. The molecule has 1 amide bonds. The van der Waals surface area contributed by atoms with Gasteiger partial charge in [0, 0.05) is 11.3 Å². The Kier molecular flexibility index (Phi) is 6.85. The zero-order chi connectivity index (χ0) is 19.1. The van der Waals surface area contributed by atoms with E-state index >= 15 is 0 Å². The second kappa shape index (κ2) is 9.53. The van der Waals surface area contributed by atoms with E-state index in [0.717, 1.165) is 50.6 Å². The summed E-state index contributed by atoms with van der Waals surface area (Å²) in [5, 5.41) is 3.09. The number of carbonyl (C=O) groups excluding carboxylic acids is 1. The number of nitrogens with one attached hydrogen (secondary N) is 3. The molecule has 144 valence electrons. The summed E-state index contributed by atoms with van der Waals surface area (Å²) in [6.07, 6.45) is 0.925. The Morgan fingerprint density at radius 3 is 2.30 bits per heavy atom. The second-order valence-corrected chi connectivity index (χ2v) is 7.22. The highest BCUT2D eigenvalue weighted by molar-refractivity contribution is 5.92. The standard InChI is InChI=1S/C22H29N3O2/c1-3-18-8-4-6-10-20(18)23-22(26)17-25-14-12-24(13-15-25)16-19-9-5-7-11-21(19)27-2/h4-11H,3,12-17H2,1-2H3,(H,23,26)/p+2. The van der Waals surface area contributed by atoms with Crippen LogP contribution in [0.5, 0.6) is 5.75 Å². The third-order valence-electron chi connectivity index (χ3n) is 5.38. The minimum atomic E-state index is 0.110. The Balaban J connectivity index is 1.47. The van der Waals surface area contributed by atoms with Crippen molar-refractivity contribution in [2.24, 2.45) is 0 Å². The lowest BCUT2D eigenvalue weighted by Gasteiger charge is -2.29. The lowest BCUT2D eigenvalue weighted by atomic mass is 10.1. The van der Waals surface area contributed by atoms with E-state index in [4.69, 9.17) is 4.74 Å². The first-order chi connectivity index (χ1) is 13.2. The number of aryl methyl sites for hydroxylation is 1. The molecule has 5 heteroatoms. The summed E-state index contributed by atoms with van der Waals surface area (Å²) in [5.41, 5.74) is 3.39. The van der Waals surface area contributed by atoms with Crippen LogP contribution in [-0.4, -0.2) is 45.7 Å². The van der Waals surface area contributed by atoms with Gasteiger partial charge in [0.05, 0.1) is 7.11 Å². The average Bonchev–Trinajstić information content (AvgIpc) is 2.70. The minimum absolute atomic E-state index is 0.110. The molecular weight excluding hydrogens is 338 g/mol. The fourth-order valence-corrected chi connectivity index (χ4v) is 3.80. The lowest BCUT2D eigenvalue weighted by Crippen LogP contribution is -3.28. The SMILES string of the molecule is CCc1ccccc1NC(=O)C[NH+]1CC[NH+](Cc2ccccc2OC)CC1. The number of hydrogen-bond donors (Lipinski definition) is 3. The Hall–Kier alpha value is -2.37. The minimum Gasteiger partial charge on any atom is -0.496 e. The molecule has 3 rings (SSSR count). The highest BCUT2D eigenvalue weighted by Crippen LogP contribution is 2.16. The molecule has 0 aromatic heterocycles. The fourth-order valence-electron chi connectivity index (χ4n) is 3.80. The number of methoxy groups -OCH3 is 1. The van der Waals surface area contributed by atoms with Gasteiger partial charge in [0.25, 0.3) is 5.91 Å². The molecule has 27 heavy (non-hydrogen) atoms. The van der Waals surface area contributed by atoms with Gasteiger partial charge in [-0.15, -0.1) is 0 Å². The fraction of sp³-hybridized carbons (Fsp3) is 0.409. The molecule has 2 aromatic carbocycles. The molecule has 1 fully saturated rings. The molecule has 0 radical (unpaired) electrons. The van der Waals surface area contributed by atoms with Crippen LogP contribution >= 0.6 is 0 Å².